The predicted molar refractivity (Wildman–Crippen MR) is 96.5 cm³/mol. The van der Waals surface area contributed by atoms with E-state index in [1.165, 1.54) is 17.7 Å². The summed E-state index contributed by atoms with van der Waals surface area (Å²) in [7, 11) is 0. The Labute approximate surface area is 159 Å². The van der Waals surface area contributed by atoms with Crippen LogP contribution in [0, 0.1) is 11.3 Å². The highest BCUT2D eigenvalue weighted by Crippen LogP contribution is 2.41. The van der Waals surface area contributed by atoms with Crippen LogP contribution in [0.3, 0.4) is 0 Å². The second-order valence-corrected chi connectivity index (χ2v) is 9.05. The fourth-order valence-electron chi connectivity index (χ4n) is 4.60. The van der Waals surface area contributed by atoms with E-state index >= 15 is 0 Å². The summed E-state index contributed by atoms with van der Waals surface area (Å²) in [5.41, 5.74) is -1.49. The highest BCUT2D eigenvalue weighted by atomic mass is 16.2. The highest BCUT2D eigenvalue weighted by Gasteiger charge is 2.51. The van der Waals surface area contributed by atoms with Crippen molar-refractivity contribution in [2.45, 2.75) is 51.5 Å². The average Bonchev–Trinajstić information content (AvgIpc) is 3.29. The average molecular weight is 376 g/mol. The third-order valence-electron chi connectivity index (χ3n) is 6.70. The first-order valence-corrected chi connectivity index (χ1v) is 9.93. The quantitative estimate of drug-likeness (QED) is 0.727. The fraction of sp³-hybridized carbons (Fsp3) is 0.789. The molecule has 5 amide bonds. The molecule has 1 atom stereocenters. The van der Waals surface area contributed by atoms with Crippen molar-refractivity contribution in [3.8, 4) is 0 Å². The summed E-state index contributed by atoms with van der Waals surface area (Å²) in [6.45, 7) is 5.77. The molecule has 0 unspecified atom stereocenters. The highest BCUT2D eigenvalue weighted by molar-refractivity contribution is 6.07. The number of likely N-dealkylation sites (tertiary alicyclic amines) is 2. The maximum atomic E-state index is 13.1. The zero-order chi connectivity index (χ0) is 19.4. The number of nitrogens with zero attached hydrogens (tertiary/aromatic N) is 3. The molecule has 27 heavy (non-hydrogen) atoms. The van der Waals surface area contributed by atoms with Crippen molar-refractivity contribution in [1.82, 2.24) is 20.0 Å². The molecule has 0 aromatic rings. The normalized spacial score (nSPS) is 30.4. The molecule has 0 aromatic carbocycles. The lowest BCUT2D eigenvalue weighted by Crippen LogP contribution is -2.52. The van der Waals surface area contributed by atoms with Gasteiger partial charge in [-0.3, -0.25) is 19.7 Å². The molecule has 4 aliphatic rings. The van der Waals surface area contributed by atoms with Gasteiger partial charge in [-0.25, -0.2) is 4.79 Å². The summed E-state index contributed by atoms with van der Waals surface area (Å²) >= 11 is 0. The van der Waals surface area contributed by atoms with E-state index < -0.39 is 22.9 Å². The monoisotopic (exact) mass is 376 g/mol. The molecule has 8 heteroatoms. The van der Waals surface area contributed by atoms with Crippen LogP contribution in [0.4, 0.5) is 4.79 Å². The smallest absolute Gasteiger partial charge is 0.325 e. The van der Waals surface area contributed by atoms with Gasteiger partial charge in [0.25, 0.3) is 5.91 Å². The van der Waals surface area contributed by atoms with Gasteiger partial charge in [0.15, 0.2) is 0 Å². The number of piperidine rings is 1. The van der Waals surface area contributed by atoms with E-state index in [0.717, 1.165) is 25.9 Å². The van der Waals surface area contributed by atoms with Crippen LogP contribution in [0.15, 0.2) is 0 Å². The molecule has 8 nitrogen and oxygen atoms in total. The maximum absolute atomic E-state index is 13.1. The zero-order valence-corrected chi connectivity index (χ0v) is 16.1. The first-order valence-electron chi connectivity index (χ1n) is 9.93. The second kappa shape index (κ2) is 6.21. The third kappa shape index (κ3) is 3.08. The minimum atomic E-state index is -1.04. The number of carbonyl (C=O) groups excluding carboxylic acids is 4. The zero-order valence-electron chi connectivity index (χ0n) is 16.1. The Hall–Kier alpha value is -2.12. The van der Waals surface area contributed by atoms with Gasteiger partial charge in [0, 0.05) is 26.2 Å². The van der Waals surface area contributed by atoms with Gasteiger partial charge in [0.2, 0.25) is 11.8 Å². The summed E-state index contributed by atoms with van der Waals surface area (Å²) in [5, 5.41) is 2.26. The summed E-state index contributed by atoms with van der Waals surface area (Å²) in [5.74, 6) is 0.273. The van der Waals surface area contributed by atoms with Gasteiger partial charge in [-0.2, -0.15) is 0 Å². The molecular weight excluding hydrogens is 348 g/mol. The Morgan fingerprint density at radius 1 is 1.15 bits per heavy atom. The van der Waals surface area contributed by atoms with E-state index in [1.54, 1.807) is 18.7 Å². The van der Waals surface area contributed by atoms with E-state index in [-0.39, 0.29) is 18.4 Å². The topological polar surface area (TPSA) is 90.0 Å². The molecule has 3 saturated heterocycles. The Morgan fingerprint density at radius 3 is 2.52 bits per heavy atom. The molecule has 1 saturated carbocycles. The van der Waals surface area contributed by atoms with Crippen LogP contribution >= 0.6 is 0 Å². The Bertz CT molecular complexity index is 702. The second-order valence-electron chi connectivity index (χ2n) is 9.05. The first kappa shape index (κ1) is 18.3. The maximum Gasteiger partial charge on any atom is 0.325 e. The van der Waals surface area contributed by atoms with Crippen LogP contribution in [0.1, 0.15) is 46.0 Å². The van der Waals surface area contributed by atoms with Crippen LogP contribution in [-0.4, -0.2) is 76.7 Å². The van der Waals surface area contributed by atoms with Gasteiger partial charge in [-0.05, 0) is 51.9 Å². The molecule has 3 heterocycles. The summed E-state index contributed by atoms with van der Waals surface area (Å²) in [6.07, 6.45) is 4.93. The Kier molecular flexibility index (Phi) is 4.20. The molecule has 0 aromatic heterocycles. The minimum Gasteiger partial charge on any atom is -0.342 e. The number of nitrogens with one attached hydrogen (secondary N) is 1. The van der Waals surface area contributed by atoms with Gasteiger partial charge in [-0.15, -0.1) is 0 Å². The van der Waals surface area contributed by atoms with Gasteiger partial charge >= 0.3 is 6.03 Å². The lowest BCUT2D eigenvalue weighted by molar-refractivity contribution is -0.146. The number of amides is 5. The molecule has 4 fully saturated rings. The third-order valence-corrected chi connectivity index (χ3v) is 6.70. The van der Waals surface area contributed by atoms with E-state index in [2.05, 4.69) is 5.32 Å². The fourth-order valence-corrected chi connectivity index (χ4v) is 4.60. The molecule has 0 bridgehead atoms. The van der Waals surface area contributed by atoms with Gasteiger partial charge in [-0.1, -0.05) is 0 Å². The summed E-state index contributed by atoms with van der Waals surface area (Å²) in [4.78, 5) is 54.8. The number of carbonyl (C=O) groups is 4. The molecule has 148 valence electrons. The van der Waals surface area contributed by atoms with E-state index in [1.807, 2.05) is 4.90 Å². The SMILES string of the molecule is CC1(C)C(=O)NC(=O)N1CC(=O)N1CC[C@]2(CCCN(CC3CC3)C2=O)C1. The lowest BCUT2D eigenvalue weighted by Gasteiger charge is -2.39. The molecular formula is C19H28N4O4. The van der Waals surface area contributed by atoms with Gasteiger partial charge in [0.1, 0.15) is 12.1 Å². The van der Waals surface area contributed by atoms with Gasteiger partial charge < -0.3 is 14.7 Å². The van der Waals surface area contributed by atoms with E-state index in [0.29, 0.717) is 25.4 Å². The van der Waals surface area contributed by atoms with E-state index in [4.69, 9.17) is 0 Å². The van der Waals surface area contributed by atoms with Crippen molar-refractivity contribution in [1.29, 1.82) is 0 Å². The summed E-state index contributed by atoms with van der Waals surface area (Å²) < 4.78 is 0. The van der Waals surface area contributed by atoms with Crippen molar-refractivity contribution in [3.63, 3.8) is 0 Å². The molecule has 3 aliphatic heterocycles. The van der Waals surface area contributed by atoms with Crippen molar-refractivity contribution in [2.75, 3.05) is 32.7 Å². The molecule has 0 radical (unpaired) electrons. The number of hydrogen-bond donors (Lipinski definition) is 1. The van der Waals surface area contributed by atoms with Gasteiger partial charge in [0.05, 0.1) is 5.41 Å². The Morgan fingerprint density at radius 2 is 1.89 bits per heavy atom. The number of rotatable bonds is 4. The molecule has 1 N–H and O–H groups in total. The predicted octanol–water partition coefficient (Wildman–Crippen LogP) is 0.568. The van der Waals surface area contributed by atoms with Crippen molar-refractivity contribution in [3.05, 3.63) is 0 Å². The van der Waals surface area contributed by atoms with Crippen LogP contribution in [0.2, 0.25) is 0 Å². The van der Waals surface area contributed by atoms with Crippen LogP contribution in [0.25, 0.3) is 0 Å². The molecule has 1 spiro atoms. The minimum absolute atomic E-state index is 0.138. The van der Waals surface area contributed by atoms with Crippen molar-refractivity contribution < 1.29 is 19.2 Å². The molecule has 1 aliphatic carbocycles. The number of imide groups is 1. The van der Waals surface area contributed by atoms with Crippen molar-refractivity contribution in [2.24, 2.45) is 11.3 Å². The summed E-state index contributed by atoms with van der Waals surface area (Å²) in [6, 6.07) is -0.531. The largest absolute Gasteiger partial charge is 0.342 e. The van der Waals surface area contributed by atoms with Crippen LogP contribution < -0.4 is 5.32 Å². The Balaban J connectivity index is 1.41. The van der Waals surface area contributed by atoms with E-state index in [9.17, 15) is 19.2 Å². The van der Waals surface area contributed by atoms with Crippen molar-refractivity contribution >= 4 is 23.8 Å². The first-order chi connectivity index (χ1) is 12.7. The number of urea groups is 1. The van der Waals surface area contributed by atoms with Crippen LogP contribution in [0.5, 0.6) is 0 Å². The number of hydrogen-bond acceptors (Lipinski definition) is 4. The molecule has 4 rings (SSSR count). The standard InChI is InChI=1S/C19H28N4O4/c1-18(2)15(25)20-17(27)23(18)11-14(24)22-9-7-19(12-22)6-3-8-21(16(19)26)10-13-4-5-13/h13H,3-12H2,1-2H3,(H,20,25,27)/t19-/m1/s1. The lowest BCUT2D eigenvalue weighted by atomic mass is 9.78. The van der Waals surface area contributed by atoms with Crippen LogP contribution in [-0.2, 0) is 14.4 Å².